The number of rotatable bonds is 3. The van der Waals surface area contributed by atoms with E-state index in [0.29, 0.717) is 5.56 Å². The first-order chi connectivity index (χ1) is 12.0. The van der Waals surface area contributed by atoms with Crippen LogP contribution in [0, 0.1) is 0 Å². The van der Waals surface area contributed by atoms with E-state index < -0.39 is 5.91 Å². The van der Waals surface area contributed by atoms with Crippen LogP contribution in [0.4, 0.5) is 0 Å². The van der Waals surface area contributed by atoms with E-state index in [4.69, 9.17) is 23.2 Å². The highest BCUT2D eigenvalue weighted by molar-refractivity contribution is 6.36. The van der Waals surface area contributed by atoms with E-state index >= 15 is 0 Å². The van der Waals surface area contributed by atoms with Crippen LogP contribution in [-0.4, -0.2) is 22.3 Å². The fourth-order valence-corrected chi connectivity index (χ4v) is 2.87. The third-order valence-corrected chi connectivity index (χ3v) is 4.09. The molecular weight excluding hydrogens is 363 g/mol. The molecule has 0 bridgehead atoms. The zero-order valence-electron chi connectivity index (χ0n) is 12.7. The Labute approximate surface area is 153 Å². The molecule has 126 valence electrons. The first kappa shape index (κ1) is 17.1. The maximum absolute atomic E-state index is 12.1. The Morgan fingerprint density at radius 2 is 1.84 bits per heavy atom. The number of hydrogen-bond donors (Lipinski definition) is 3. The zero-order chi connectivity index (χ0) is 18.0. The molecule has 0 radical (unpaired) electrons. The van der Waals surface area contributed by atoms with Crippen LogP contribution < -0.4 is 5.43 Å². The summed E-state index contributed by atoms with van der Waals surface area (Å²) in [6.07, 6.45) is 1.33. The maximum Gasteiger partial charge on any atom is 0.275 e. The number of carbonyl (C=O) groups excluding carboxylic acids is 1. The molecule has 5 nitrogen and oxygen atoms in total. The Hall–Kier alpha value is -2.76. The lowest BCUT2D eigenvalue weighted by molar-refractivity contribution is 0.0952. The number of carbonyl (C=O) groups is 1. The zero-order valence-corrected chi connectivity index (χ0v) is 14.2. The number of halogens is 2. The van der Waals surface area contributed by atoms with Gasteiger partial charge in [0.2, 0.25) is 0 Å². The van der Waals surface area contributed by atoms with Gasteiger partial charge < -0.3 is 10.2 Å². The van der Waals surface area contributed by atoms with Gasteiger partial charge in [0, 0.05) is 10.6 Å². The number of aromatic hydroxyl groups is 2. The molecule has 0 atom stereocenters. The smallest absolute Gasteiger partial charge is 0.275 e. The molecule has 7 heteroatoms. The molecule has 25 heavy (non-hydrogen) atoms. The number of nitrogens with zero attached hydrogens (tertiary/aromatic N) is 1. The van der Waals surface area contributed by atoms with Crippen molar-refractivity contribution in [3.8, 4) is 11.5 Å². The molecule has 3 aromatic rings. The van der Waals surface area contributed by atoms with Crippen molar-refractivity contribution in [3.63, 3.8) is 0 Å². The van der Waals surface area contributed by atoms with E-state index in [1.165, 1.54) is 18.3 Å². The summed E-state index contributed by atoms with van der Waals surface area (Å²) >= 11 is 11.6. The number of nitrogens with one attached hydrogen (secondary N) is 1. The molecule has 0 aliphatic heterocycles. The van der Waals surface area contributed by atoms with Crippen LogP contribution in [0.25, 0.3) is 10.8 Å². The molecule has 0 fully saturated rings. The molecule has 0 aromatic heterocycles. The fourth-order valence-electron chi connectivity index (χ4n) is 2.37. The lowest BCUT2D eigenvalue weighted by Gasteiger charge is -2.06. The second kappa shape index (κ2) is 7.01. The van der Waals surface area contributed by atoms with Gasteiger partial charge in [0.05, 0.1) is 16.8 Å². The van der Waals surface area contributed by atoms with Gasteiger partial charge in [0.1, 0.15) is 11.5 Å². The van der Waals surface area contributed by atoms with Gasteiger partial charge in [0.15, 0.2) is 0 Å². The van der Waals surface area contributed by atoms with Gasteiger partial charge in [-0.1, -0.05) is 53.5 Å². The molecule has 0 heterocycles. The number of fused-ring (bicyclic) bond motifs is 1. The molecule has 0 saturated heterocycles. The highest BCUT2D eigenvalue weighted by Gasteiger charge is 2.15. The highest BCUT2D eigenvalue weighted by atomic mass is 35.5. The molecule has 0 unspecified atom stereocenters. The number of amides is 1. The van der Waals surface area contributed by atoms with Crippen LogP contribution in [0.1, 0.15) is 15.9 Å². The normalized spacial score (nSPS) is 11.1. The standard InChI is InChI=1S/C18H12Cl2N2O3/c19-11-7-13(17(24)15(20)8-11)18(25)22-21-9-14-12-4-2-1-3-10(12)5-6-16(14)23/h1-9,23-24H,(H,22,25)/b21-9-. The topological polar surface area (TPSA) is 81.9 Å². The Morgan fingerprint density at radius 3 is 2.64 bits per heavy atom. The summed E-state index contributed by atoms with van der Waals surface area (Å²) in [6.45, 7) is 0. The van der Waals surface area contributed by atoms with Gasteiger partial charge in [-0.25, -0.2) is 5.43 Å². The number of phenolic OH excluding ortho intramolecular Hbond substituents is 2. The Morgan fingerprint density at radius 1 is 1.08 bits per heavy atom. The fraction of sp³-hybridized carbons (Fsp3) is 0. The molecule has 3 aromatic carbocycles. The van der Waals surface area contributed by atoms with Crippen molar-refractivity contribution in [1.29, 1.82) is 0 Å². The summed E-state index contributed by atoms with van der Waals surface area (Å²) in [5.74, 6) is -1.03. The summed E-state index contributed by atoms with van der Waals surface area (Å²) in [7, 11) is 0. The number of phenols is 2. The van der Waals surface area contributed by atoms with Crippen LogP contribution in [0.2, 0.25) is 10.0 Å². The largest absolute Gasteiger partial charge is 0.507 e. The van der Waals surface area contributed by atoms with Crippen molar-refractivity contribution in [2.24, 2.45) is 5.10 Å². The molecule has 0 aliphatic carbocycles. The number of benzene rings is 3. The highest BCUT2D eigenvalue weighted by Crippen LogP contribution is 2.31. The lowest BCUT2D eigenvalue weighted by Crippen LogP contribution is -2.18. The van der Waals surface area contributed by atoms with Crippen molar-refractivity contribution in [2.45, 2.75) is 0 Å². The summed E-state index contributed by atoms with van der Waals surface area (Å²) in [6, 6.07) is 13.4. The van der Waals surface area contributed by atoms with Crippen molar-refractivity contribution in [1.82, 2.24) is 5.43 Å². The van der Waals surface area contributed by atoms with Gasteiger partial charge in [-0.05, 0) is 29.0 Å². The summed E-state index contributed by atoms with van der Waals surface area (Å²) < 4.78 is 0. The van der Waals surface area contributed by atoms with Crippen LogP contribution in [0.3, 0.4) is 0 Å². The van der Waals surface area contributed by atoms with Crippen molar-refractivity contribution >= 4 is 46.1 Å². The average Bonchev–Trinajstić information content (AvgIpc) is 2.59. The quantitative estimate of drug-likeness (QED) is 0.471. The maximum atomic E-state index is 12.1. The molecule has 1 amide bonds. The second-order valence-electron chi connectivity index (χ2n) is 5.20. The predicted octanol–water partition coefficient (Wildman–Crippen LogP) is 4.32. The minimum Gasteiger partial charge on any atom is -0.507 e. The van der Waals surface area contributed by atoms with E-state index in [-0.39, 0.29) is 27.1 Å². The molecular formula is C18H12Cl2N2O3. The van der Waals surface area contributed by atoms with Crippen LogP contribution >= 0.6 is 23.2 Å². The minimum atomic E-state index is -0.683. The number of hydrogen-bond acceptors (Lipinski definition) is 4. The SMILES string of the molecule is O=C(N/N=C\c1c(O)ccc2ccccc12)c1cc(Cl)cc(Cl)c1O. The van der Waals surface area contributed by atoms with Gasteiger partial charge in [0.25, 0.3) is 5.91 Å². The van der Waals surface area contributed by atoms with Gasteiger partial charge in [-0.2, -0.15) is 5.10 Å². The van der Waals surface area contributed by atoms with E-state index in [9.17, 15) is 15.0 Å². The van der Waals surface area contributed by atoms with Gasteiger partial charge >= 0.3 is 0 Å². The second-order valence-corrected chi connectivity index (χ2v) is 6.05. The van der Waals surface area contributed by atoms with E-state index in [2.05, 4.69) is 10.5 Å². The molecule has 3 rings (SSSR count). The van der Waals surface area contributed by atoms with E-state index in [1.807, 2.05) is 24.3 Å². The predicted molar refractivity (Wildman–Crippen MR) is 98.8 cm³/mol. The Bertz CT molecular complexity index is 1000. The third-order valence-electron chi connectivity index (χ3n) is 3.58. The lowest BCUT2D eigenvalue weighted by atomic mass is 10.0. The first-order valence-corrected chi connectivity index (χ1v) is 7.95. The van der Waals surface area contributed by atoms with Crippen molar-refractivity contribution in [3.05, 3.63) is 69.7 Å². The van der Waals surface area contributed by atoms with Crippen LogP contribution in [0.15, 0.2) is 53.6 Å². The average molecular weight is 375 g/mol. The van der Waals surface area contributed by atoms with Crippen LogP contribution in [0.5, 0.6) is 11.5 Å². The molecule has 0 aliphatic rings. The van der Waals surface area contributed by atoms with Crippen molar-refractivity contribution < 1.29 is 15.0 Å². The first-order valence-electron chi connectivity index (χ1n) is 7.19. The molecule has 0 spiro atoms. The third kappa shape index (κ3) is 3.52. The number of hydrazone groups is 1. The minimum absolute atomic E-state index is 0.0327. The molecule has 3 N–H and O–H groups in total. The summed E-state index contributed by atoms with van der Waals surface area (Å²) in [4.78, 5) is 12.1. The van der Waals surface area contributed by atoms with E-state index in [0.717, 1.165) is 10.8 Å². The van der Waals surface area contributed by atoms with Crippen molar-refractivity contribution in [2.75, 3.05) is 0 Å². The Kier molecular flexibility index (Phi) is 4.79. The van der Waals surface area contributed by atoms with Crippen LogP contribution in [-0.2, 0) is 0 Å². The molecule has 0 saturated carbocycles. The summed E-state index contributed by atoms with van der Waals surface area (Å²) in [5.41, 5.74) is 2.64. The van der Waals surface area contributed by atoms with Gasteiger partial charge in [-0.3, -0.25) is 4.79 Å². The Balaban J connectivity index is 1.87. The summed E-state index contributed by atoms with van der Waals surface area (Å²) in [5, 5.41) is 25.6. The van der Waals surface area contributed by atoms with Gasteiger partial charge in [-0.15, -0.1) is 0 Å². The monoisotopic (exact) mass is 374 g/mol. The van der Waals surface area contributed by atoms with E-state index in [1.54, 1.807) is 12.1 Å².